The highest BCUT2D eigenvalue weighted by Gasteiger charge is 2.45. The summed E-state index contributed by atoms with van der Waals surface area (Å²) in [6.07, 6.45) is 7.45. The predicted molar refractivity (Wildman–Crippen MR) is 130 cm³/mol. The number of rotatable bonds is 5. The molecule has 1 aliphatic carbocycles. The fourth-order valence-electron chi connectivity index (χ4n) is 4.96. The van der Waals surface area contributed by atoms with Gasteiger partial charge < -0.3 is 15.1 Å². The highest BCUT2D eigenvalue weighted by molar-refractivity contribution is 6.30. The third-order valence-electron chi connectivity index (χ3n) is 6.76. The molecule has 2 aromatic heterocycles. The molecule has 0 radical (unpaired) electrons. The van der Waals surface area contributed by atoms with Crippen molar-refractivity contribution >= 4 is 34.8 Å². The van der Waals surface area contributed by atoms with Gasteiger partial charge in [-0.25, -0.2) is 0 Å². The van der Waals surface area contributed by atoms with E-state index in [9.17, 15) is 4.79 Å². The Morgan fingerprint density at radius 3 is 2.21 bits per heavy atom. The number of anilines is 3. The molecule has 170 valence electrons. The van der Waals surface area contributed by atoms with Gasteiger partial charge in [0.25, 0.3) is 0 Å². The second-order valence-electron chi connectivity index (χ2n) is 8.71. The highest BCUT2D eigenvalue weighted by atomic mass is 35.5. The molecule has 0 atom stereocenters. The quantitative estimate of drug-likeness (QED) is 0.604. The molecular weight excluding hydrogens is 436 g/mol. The summed E-state index contributed by atoms with van der Waals surface area (Å²) in [5, 5.41) is 12.6. The fourth-order valence-corrected chi connectivity index (χ4v) is 5.08. The number of piperazine rings is 1. The first-order chi connectivity index (χ1) is 16.1. The number of aromatic nitrogens is 3. The van der Waals surface area contributed by atoms with Gasteiger partial charge in [-0.3, -0.25) is 9.78 Å². The second kappa shape index (κ2) is 9.35. The van der Waals surface area contributed by atoms with Crippen LogP contribution in [-0.4, -0.2) is 52.2 Å². The van der Waals surface area contributed by atoms with Crippen LogP contribution in [0.5, 0.6) is 0 Å². The van der Waals surface area contributed by atoms with Gasteiger partial charge >= 0.3 is 0 Å². The lowest BCUT2D eigenvalue weighted by atomic mass is 9.77. The molecule has 8 heteroatoms. The third-order valence-corrected chi connectivity index (χ3v) is 7.01. The molecule has 33 heavy (non-hydrogen) atoms. The Morgan fingerprint density at radius 1 is 0.879 bits per heavy atom. The summed E-state index contributed by atoms with van der Waals surface area (Å²) in [4.78, 5) is 21.9. The van der Waals surface area contributed by atoms with Crippen molar-refractivity contribution in [1.82, 2.24) is 20.1 Å². The van der Waals surface area contributed by atoms with Crippen LogP contribution in [0.25, 0.3) is 0 Å². The van der Waals surface area contributed by atoms with Gasteiger partial charge in [-0.15, -0.1) is 10.2 Å². The number of hydrogen-bond donors (Lipinski definition) is 1. The Labute approximate surface area is 198 Å². The molecule has 3 aromatic rings. The first-order valence-corrected chi connectivity index (χ1v) is 11.8. The summed E-state index contributed by atoms with van der Waals surface area (Å²) in [5.41, 5.74) is 1.60. The van der Waals surface area contributed by atoms with Crippen LogP contribution in [0.4, 0.5) is 17.3 Å². The summed E-state index contributed by atoms with van der Waals surface area (Å²) in [6.45, 7) is 2.86. The number of benzene rings is 1. The number of nitrogens with one attached hydrogen (secondary N) is 1. The molecule has 1 saturated carbocycles. The summed E-state index contributed by atoms with van der Waals surface area (Å²) in [6, 6.07) is 15.5. The molecule has 1 N–H and O–H groups in total. The Morgan fingerprint density at radius 2 is 1.58 bits per heavy atom. The average molecular weight is 463 g/mol. The molecule has 2 fully saturated rings. The van der Waals surface area contributed by atoms with E-state index in [4.69, 9.17) is 11.6 Å². The van der Waals surface area contributed by atoms with E-state index in [1.807, 2.05) is 53.4 Å². The van der Waals surface area contributed by atoms with Crippen LogP contribution in [0.2, 0.25) is 5.02 Å². The maximum absolute atomic E-state index is 13.7. The Bertz CT molecular complexity index is 1080. The number of carbonyl (C=O) groups is 1. The van der Waals surface area contributed by atoms with Gasteiger partial charge in [-0.05, 0) is 54.8 Å². The first-order valence-electron chi connectivity index (χ1n) is 11.5. The van der Waals surface area contributed by atoms with Crippen LogP contribution < -0.4 is 10.2 Å². The van der Waals surface area contributed by atoms with Gasteiger partial charge in [0.05, 0.1) is 5.41 Å². The van der Waals surface area contributed by atoms with Crippen LogP contribution >= 0.6 is 11.6 Å². The highest BCUT2D eigenvalue weighted by Crippen LogP contribution is 2.43. The Kier molecular flexibility index (Phi) is 6.13. The number of amides is 1. The number of pyridine rings is 1. The number of carbonyl (C=O) groups excluding carboxylic acids is 1. The number of halogens is 1. The van der Waals surface area contributed by atoms with Crippen LogP contribution in [0.1, 0.15) is 31.2 Å². The van der Waals surface area contributed by atoms with E-state index < -0.39 is 5.41 Å². The zero-order chi connectivity index (χ0) is 22.7. The summed E-state index contributed by atoms with van der Waals surface area (Å²) in [7, 11) is 0. The zero-order valence-corrected chi connectivity index (χ0v) is 19.2. The van der Waals surface area contributed by atoms with Crippen molar-refractivity contribution in [2.75, 3.05) is 36.4 Å². The summed E-state index contributed by atoms with van der Waals surface area (Å²) < 4.78 is 0. The van der Waals surface area contributed by atoms with Gasteiger partial charge in [0, 0.05) is 49.3 Å². The van der Waals surface area contributed by atoms with Gasteiger partial charge in [-0.2, -0.15) is 0 Å². The predicted octanol–water partition coefficient (Wildman–Crippen LogP) is 4.43. The number of hydrogen-bond acceptors (Lipinski definition) is 6. The molecule has 3 heterocycles. The molecule has 1 aromatic carbocycles. The minimum absolute atomic E-state index is 0.255. The molecule has 0 bridgehead atoms. The molecule has 0 spiro atoms. The average Bonchev–Trinajstić information content (AvgIpc) is 3.36. The lowest BCUT2D eigenvalue weighted by Gasteiger charge is -2.40. The number of nitrogens with zero attached hydrogens (tertiary/aromatic N) is 5. The third kappa shape index (κ3) is 4.50. The minimum atomic E-state index is -0.410. The molecule has 2 aliphatic rings. The van der Waals surface area contributed by atoms with Crippen molar-refractivity contribution < 1.29 is 4.79 Å². The molecule has 1 aliphatic heterocycles. The van der Waals surface area contributed by atoms with Crippen LogP contribution in [-0.2, 0) is 10.2 Å². The van der Waals surface area contributed by atoms with E-state index in [-0.39, 0.29) is 5.91 Å². The van der Waals surface area contributed by atoms with E-state index in [0.29, 0.717) is 23.9 Å². The molecule has 1 saturated heterocycles. The van der Waals surface area contributed by atoms with Crippen molar-refractivity contribution in [3.05, 3.63) is 71.5 Å². The lowest BCUT2D eigenvalue weighted by molar-refractivity contribution is -0.137. The topological polar surface area (TPSA) is 74.2 Å². The summed E-state index contributed by atoms with van der Waals surface area (Å²) >= 11 is 6.10. The van der Waals surface area contributed by atoms with E-state index >= 15 is 0 Å². The van der Waals surface area contributed by atoms with Gasteiger partial charge in [0.1, 0.15) is 0 Å². The zero-order valence-electron chi connectivity index (χ0n) is 18.5. The van der Waals surface area contributed by atoms with Crippen molar-refractivity contribution in [2.24, 2.45) is 0 Å². The van der Waals surface area contributed by atoms with E-state index in [2.05, 4.69) is 25.4 Å². The van der Waals surface area contributed by atoms with E-state index in [1.54, 1.807) is 12.4 Å². The molecule has 7 nitrogen and oxygen atoms in total. The smallest absolute Gasteiger partial charge is 0.233 e. The lowest BCUT2D eigenvalue weighted by Crippen LogP contribution is -2.54. The Balaban J connectivity index is 1.23. The van der Waals surface area contributed by atoms with Crippen molar-refractivity contribution in [3.8, 4) is 0 Å². The van der Waals surface area contributed by atoms with Crippen molar-refractivity contribution in [2.45, 2.75) is 31.1 Å². The van der Waals surface area contributed by atoms with Crippen LogP contribution in [0, 0.1) is 0 Å². The van der Waals surface area contributed by atoms with Gasteiger partial charge in [0.2, 0.25) is 5.91 Å². The maximum Gasteiger partial charge on any atom is 0.233 e. The Hall–Kier alpha value is -3.19. The molecule has 0 unspecified atom stereocenters. The second-order valence-corrected chi connectivity index (χ2v) is 9.15. The SMILES string of the molecule is O=C(N1CCN(c2ccc(Nc3ccncc3)nn2)CC1)C1(c2ccc(Cl)cc2)CCCC1. The molecule has 5 rings (SSSR count). The largest absolute Gasteiger partial charge is 0.352 e. The van der Waals surface area contributed by atoms with E-state index in [1.165, 1.54) is 0 Å². The molecular formula is C25H27ClN6O. The molecule has 1 amide bonds. The fraction of sp³-hybridized carbons (Fsp3) is 0.360. The minimum Gasteiger partial charge on any atom is -0.352 e. The van der Waals surface area contributed by atoms with Crippen molar-refractivity contribution in [3.63, 3.8) is 0 Å². The van der Waals surface area contributed by atoms with Gasteiger partial charge in [0.15, 0.2) is 11.6 Å². The van der Waals surface area contributed by atoms with E-state index in [0.717, 1.165) is 55.8 Å². The standard InChI is InChI=1S/C25H27ClN6O/c26-20-5-3-19(4-6-20)25(11-1-2-12-25)24(33)32-17-15-31(16-18-32)23-8-7-22(29-30-23)28-21-9-13-27-14-10-21/h3-10,13-14H,1-2,11-12,15-18H2,(H,27,28,29). The van der Waals surface area contributed by atoms with Crippen LogP contribution in [0.15, 0.2) is 60.9 Å². The maximum atomic E-state index is 13.7. The monoisotopic (exact) mass is 462 g/mol. The van der Waals surface area contributed by atoms with Crippen molar-refractivity contribution in [1.29, 1.82) is 0 Å². The first kappa shape index (κ1) is 21.6. The van der Waals surface area contributed by atoms with Gasteiger partial charge in [-0.1, -0.05) is 36.6 Å². The van der Waals surface area contributed by atoms with Crippen LogP contribution in [0.3, 0.4) is 0 Å². The normalized spacial score (nSPS) is 17.7. The summed E-state index contributed by atoms with van der Waals surface area (Å²) in [5.74, 6) is 1.77.